The van der Waals surface area contributed by atoms with Crippen LogP contribution in [-0.4, -0.2) is 29.8 Å². The van der Waals surface area contributed by atoms with Crippen LogP contribution in [0.3, 0.4) is 0 Å². The minimum atomic E-state index is -0.485. The second-order valence-electron chi connectivity index (χ2n) is 6.68. The summed E-state index contributed by atoms with van der Waals surface area (Å²) in [7, 11) is 0. The average Bonchev–Trinajstić information content (AvgIpc) is 3.03. The van der Waals surface area contributed by atoms with Gasteiger partial charge in [-0.2, -0.15) is 0 Å². The van der Waals surface area contributed by atoms with Gasteiger partial charge in [-0.3, -0.25) is 4.90 Å². The van der Waals surface area contributed by atoms with Crippen molar-refractivity contribution in [2.24, 2.45) is 0 Å². The lowest BCUT2D eigenvalue weighted by Crippen LogP contribution is -2.33. The third-order valence-electron chi connectivity index (χ3n) is 3.71. The predicted molar refractivity (Wildman–Crippen MR) is 85.7 cm³/mol. The van der Waals surface area contributed by atoms with Crippen LogP contribution in [0.2, 0.25) is 5.02 Å². The molecule has 2 aliphatic heterocycles. The van der Waals surface area contributed by atoms with Crippen molar-refractivity contribution < 1.29 is 14.3 Å². The van der Waals surface area contributed by atoms with Gasteiger partial charge < -0.3 is 9.47 Å². The summed E-state index contributed by atoms with van der Waals surface area (Å²) in [5, 5.41) is 0.710. The summed E-state index contributed by atoms with van der Waals surface area (Å²) in [5.74, 6) is 0. The Morgan fingerprint density at radius 1 is 1.27 bits per heavy atom. The smallest absolute Gasteiger partial charge is 0.410 e. The molecule has 0 saturated heterocycles. The molecular formula is C17H20ClNO3. The molecule has 0 fully saturated rings. The fourth-order valence-electron chi connectivity index (χ4n) is 2.70. The minimum absolute atomic E-state index is 0.287. The van der Waals surface area contributed by atoms with Crippen molar-refractivity contribution in [3.8, 4) is 0 Å². The molecule has 3 rings (SSSR count). The van der Waals surface area contributed by atoms with E-state index in [-0.39, 0.29) is 6.09 Å². The Labute approximate surface area is 135 Å². The molecule has 22 heavy (non-hydrogen) atoms. The quantitative estimate of drug-likeness (QED) is 0.784. The van der Waals surface area contributed by atoms with E-state index in [1.54, 1.807) is 4.90 Å². The Bertz CT molecular complexity index is 646. The third-order valence-corrected chi connectivity index (χ3v) is 4.03. The van der Waals surface area contributed by atoms with Crippen molar-refractivity contribution in [1.29, 1.82) is 0 Å². The highest BCUT2D eigenvalue weighted by Crippen LogP contribution is 2.34. The molecular weight excluding hydrogens is 302 g/mol. The van der Waals surface area contributed by atoms with Gasteiger partial charge in [0, 0.05) is 18.1 Å². The van der Waals surface area contributed by atoms with E-state index in [9.17, 15) is 4.79 Å². The topological polar surface area (TPSA) is 38.8 Å². The van der Waals surface area contributed by atoms with E-state index < -0.39 is 5.60 Å². The number of carbonyl (C=O) groups excluding carboxylic acids is 1. The first-order valence-corrected chi connectivity index (χ1v) is 7.78. The number of rotatable bonds is 1. The van der Waals surface area contributed by atoms with Gasteiger partial charge in [0.25, 0.3) is 0 Å². The van der Waals surface area contributed by atoms with E-state index in [1.165, 1.54) is 0 Å². The number of nitrogens with zero attached hydrogens (tertiary/aromatic N) is 1. The van der Waals surface area contributed by atoms with Gasteiger partial charge in [-0.15, -0.1) is 0 Å². The number of hydrogen-bond acceptors (Lipinski definition) is 3. The standard InChI is InChI=1S/C17H20ClNO3/c1-17(2,3)22-16(20)19-8-12-6-14(11-4-5-21-10-11)15(18)7-13(12)9-19/h4,6-7H,5,8-10H2,1-3H3. The van der Waals surface area contributed by atoms with E-state index in [0.717, 1.165) is 22.3 Å². The minimum Gasteiger partial charge on any atom is -0.444 e. The summed E-state index contributed by atoms with van der Waals surface area (Å²) in [5.41, 5.74) is 3.84. The number of amides is 1. The highest BCUT2D eigenvalue weighted by Gasteiger charge is 2.29. The van der Waals surface area contributed by atoms with Crippen LogP contribution >= 0.6 is 11.6 Å². The molecule has 0 radical (unpaired) electrons. The van der Waals surface area contributed by atoms with Crippen LogP contribution in [0.5, 0.6) is 0 Å². The molecule has 2 heterocycles. The van der Waals surface area contributed by atoms with Gasteiger partial charge in [0.1, 0.15) is 5.60 Å². The van der Waals surface area contributed by atoms with Gasteiger partial charge >= 0.3 is 6.09 Å². The second-order valence-corrected chi connectivity index (χ2v) is 7.09. The zero-order valence-electron chi connectivity index (χ0n) is 13.1. The first-order chi connectivity index (χ1) is 10.3. The third kappa shape index (κ3) is 3.13. The molecule has 0 aliphatic carbocycles. The molecule has 5 heteroatoms. The Balaban J connectivity index is 1.80. The molecule has 0 aromatic heterocycles. The van der Waals surface area contributed by atoms with Gasteiger partial charge in [0.15, 0.2) is 0 Å². The Kier molecular flexibility index (Phi) is 3.91. The lowest BCUT2D eigenvalue weighted by molar-refractivity contribution is 0.0242. The van der Waals surface area contributed by atoms with E-state index in [4.69, 9.17) is 21.1 Å². The molecule has 0 unspecified atom stereocenters. The van der Waals surface area contributed by atoms with Crippen LogP contribution < -0.4 is 0 Å². The fourth-order valence-corrected chi connectivity index (χ4v) is 3.01. The molecule has 118 valence electrons. The van der Waals surface area contributed by atoms with E-state index in [1.807, 2.05) is 32.9 Å². The molecule has 0 bridgehead atoms. The zero-order valence-corrected chi connectivity index (χ0v) is 13.9. The van der Waals surface area contributed by atoms with Gasteiger partial charge in [-0.1, -0.05) is 17.7 Å². The molecule has 2 aliphatic rings. The maximum atomic E-state index is 12.2. The lowest BCUT2D eigenvalue weighted by Gasteiger charge is -2.24. The Morgan fingerprint density at radius 2 is 1.95 bits per heavy atom. The van der Waals surface area contributed by atoms with Crippen LogP contribution in [-0.2, 0) is 22.6 Å². The first kappa shape index (κ1) is 15.4. The van der Waals surface area contributed by atoms with Crippen molar-refractivity contribution in [2.45, 2.75) is 39.5 Å². The highest BCUT2D eigenvalue weighted by molar-refractivity contribution is 6.32. The van der Waals surface area contributed by atoms with E-state index in [2.05, 4.69) is 6.07 Å². The molecule has 4 nitrogen and oxygen atoms in total. The summed E-state index contributed by atoms with van der Waals surface area (Å²) in [6.07, 6.45) is 1.76. The van der Waals surface area contributed by atoms with Crippen molar-refractivity contribution in [2.75, 3.05) is 13.2 Å². The SMILES string of the molecule is CC(C)(C)OC(=O)N1Cc2cc(Cl)c(C3=CCOC3)cc2C1. The van der Waals surface area contributed by atoms with Crippen LogP contribution in [0, 0.1) is 0 Å². The molecule has 0 spiro atoms. The number of carbonyl (C=O) groups is 1. The summed E-state index contributed by atoms with van der Waals surface area (Å²) in [6.45, 7) is 7.93. The van der Waals surface area contributed by atoms with Crippen molar-refractivity contribution in [3.63, 3.8) is 0 Å². The van der Waals surface area contributed by atoms with E-state index >= 15 is 0 Å². The van der Waals surface area contributed by atoms with Crippen molar-refractivity contribution in [1.82, 2.24) is 4.90 Å². The monoisotopic (exact) mass is 321 g/mol. The number of ether oxygens (including phenoxy) is 2. The van der Waals surface area contributed by atoms with Crippen LogP contribution in [0.4, 0.5) is 4.79 Å². The van der Waals surface area contributed by atoms with Gasteiger partial charge in [-0.25, -0.2) is 4.79 Å². The predicted octanol–water partition coefficient (Wildman–Crippen LogP) is 4.00. The zero-order chi connectivity index (χ0) is 15.9. The summed E-state index contributed by atoms with van der Waals surface area (Å²) >= 11 is 6.39. The average molecular weight is 322 g/mol. The van der Waals surface area contributed by atoms with Gasteiger partial charge in [0.2, 0.25) is 0 Å². The van der Waals surface area contributed by atoms with Crippen LogP contribution in [0.15, 0.2) is 18.2 Å². The summed E-state index contributed by atoms with van der Waals surface area (Å²) in [6, 6.07) is 4.03. The summed E-state index contributed by atoms with van der Waals surface area (Å²) in [4.78, 5) is 13.9. The largest absolute Gasteiger partial charge is 0.444 e. The van der Waals surface area contributed by atoms with Gasteiger partial charge in [-0.05, 0) is 55.2 Å². The van der Waals surface area contributed by atoms with Crippen molar-refractivity contribution in [3.05, 3.63) is 39.9 Å². The number of halogens is 1. The maximum absolute atomic E-state index is 12.2. The number of hydrogen-bond donors (Lipinski definition) is 0. The molecule has 1 amide bonds. The van der Waals surface area contributed by atoms with Gasteiger partial charge in [0.05, 0.1) is 13.2 Å². The molecule has 1 aromatic rings. The number of benzene rings is 1. The van der Waals surface area contributed by atoms with E-state index in [0.29, 0.717) is 31.3 Å². The lowest BCUT2D eigenvalue weighted by atomic mass is 10.0. The molecule has 0 saturated carbocycles. The molecule has 0 atom stereocenters. The second kappa shape index (κ2) is 5.60. The Morgan fingerprint density at radius 3 is 2.55 bits per heavy atom. The molecule has 1 aromatic carbocycles. The molecule has 0 N–H and O–H groups in total. The Hall–Kier alpha value is -1.52. The van der Waals surface area contributed by atoms with Crippen molar-refractivity contribution >= 4 is 23.3 Å². The maximum Gasteiger partial charge on any atom is 0.410 e. The normalized spacial score (nSPS) is 17.5. The fraction of sp³-hybridized carbons (Fsp3) is 0.471. The summed E-state index contributed by atoms with van der Waals surface area (Å²) < 4.78 is 10.8. The first-order valence-electron chi connectivity index (χ1n) is 7.40. The van der Waals surface area contributed by atoms with Crippen LogP contribution in [0.25, 0.3) is 5.57 Å². The van der Waals surface area contributed by atoms with Crippen LogP contribution in [0.1, 0.15) is 37.5 Å². The highest BCUT2D eigenvalue weighted by atomic mass is 35.5. The number of fused-ring (bicyclic) bond motifs is 1.